The Bertz CT molecular complexity index is 416. The summed E-state index contributed by atoms with van der Waals surface area (Å²) in [6.07, 6.45) is -4.52. The highest BCUT2D eigenvalue weighted by Gasteiger charge is 2.34. The molecule has 108 valence electrons. The molecular weight excluding hydrogens is 255 g/mol. The Morgan fingerprint density at radius 1 is 1.26 bits per heavy atom. The van der Waals surface area contributed by atoms with Gasteiger partial charge in [0.05, 0.1) is 5.56 Å². The van der Waals surface area contributed by atoms with Crippen LogP contribution in [0.5, 0.6) is 5.75 Å². The number of hydrogen-bond donors (Lipinski definition) is 1. The highest BCUT2D eigenvalue weighted by Crippen LogP contribution is 2.36. The fourth-order valence-electron chi connectivity index (χ4n) is 1.99. The molecule has 0 fully saturated rings. The van der Waals surface area contributed by atoms with Crippen molar-refractivity contribution in [3.8, 4) is 5.75 Å². The van der Waals surface area contributed by atoms with Crippen LogP contribution < -0.4 is 0 Å². The van der Waals surface area contributed by atoms with Crippen molar-refractivity contribution in [1.29, 1.82) is 0 Å². The van der Waals surface area contributed by atoms with Crippen molar-refractivity contribution < 1.29 is 18.3 Å². The van der Waals surface area contributed by atoms with E-state index in [0.29, 0.717) is 18.0 Å². The molecule has 0 bridgehead atoms. The van der Waals surface area contributed by atoms with Crippen molar-refractivity contribution in [2.75, 3.05) is 13.1 Å². The number of phenols is 1. The first-order chi connectivity index (χ1) is 8.74. The van der Waals surface area contributed by atoms with E-state index < -0.39 is 17.5 Å². The Kier molecular flexibility index (Phi) is 5.23. The molecule has 0 amide bonds. The molecule has 0 radical (unpaired) electrons. The summed E-state index contributed by atoms with van der Waals surface area (Å²) < 4.78 is 38.1. The second-order valence-corrected chi connectivity index (χ2v) is 5.07. The standard InChI is InChI=1S/C14H20F3NO/c1-4-18(8-10(2)3)9-11-5-6-13(19)12(7-11)14(15,16)17/h5-7,10,19H,4,8-9H2,1-3H3. The van der Waals surface area contributed by atoms with Crippen molar-refractivity contribution in [2.24, 2.45) is 5.92 Å². The van der Waals surface area contributed by atoms with E-state index >= 15 is 0 Å². The molecule has 1 N–H and O–H groups in total. The Morgan fingerprint density at radius 3 is 2.37 bits per heavy atom. The summed E-state index contributed by atoms with van der Waals surface area (Å²) in [4.78, 5) is 2.08. The minimum Gasteiger partial charge on any atom is -0.507 e. The van der Waals surface area contributed by atoms with Gasteiger partial charge in [-0.1, -0.05) is 26.8 Å². The molecule has 19 heavy (non-hydrogen) atoms. The molecule has 1 aromatic carbocycles. The zero-order valence-electron chi connectivity index (χ0n) is 11.5. The summed E-state index contributed by atoms with van der Waals surface area (Å²) in [5, 5.41) is 9.27. The smallest absolute Gasteiger partial charge is 0.419 e. The first kappa shape index (κ1) is 15.8. The molecule has 0 aliphatic rings. The Hall–Kier alpha value is -1.23. The second-order valence-electron chi connectivity index (χ2n) is 5.07. The minimum absolute atomic E-state index is 0.456. The lowest BCUT2D eigenvalue weighted by atomic mass is 10.1. The van der Waals surface area contributed by atoms with Crippen LogP contribution in [0, 0.1) is 5.92 Å². The van der Waals surface area contributed by atoms with Crippen molar-refractivity contribution in [3.05, 3.63) is 29.3 Å². The molecule has 0 aliphatic carbocycles. The van der Waals surface area contributed by atoms with Crippen LogP contribution in [-0.2, 0) is 12.7 Å². The third kappa shape index (κ3) is 4.74. The van der Waals surface area contributed by atoms with Gasteiger partial charge in [-0.15, -0.1) is 0 Å². The van der Waals surface area contributed by atoms with E-state index in [-0.39, 0.29) is 0 Å². The number of nitrogens with zero attached hydrogens (tertiary/aromatic N) is 1. The zero-order valence-corrected chi connectivity index (χ0v) is 11.5. The molecule has 0 saturated carbocycles. The van der Waals surface area contributed by atoms with E-state index in [2.05, 4.69) is 18.7 Å². The number of halogens is 3. The number of hydrogen-bond acceptors (Lipinski definition) is 2. The van der Waals surface area contributed by atoms with Gasteiger partial charge in [0.2, 0.25) is 0 Å². The van der Waals surface area contributed by atoms with E-state index in [1.54, 1.807) is 0 Å². The minimum atomic E-state index is -4.52. The Labute approximate surface area is 111 Å². The Morgan fingerprint density at radius 2 is 1.89 bits per heavy atom. The molecule has 0 unspecified atom stereocenters. The van der Waals surface area contributed by atoms with Crippen LogP contribution in [0.15, 0.2) is 18.2 Å². The van der Waals surface area contributed by atoms with Gasteiger partial charge < -0.3 is 5.11 Å². The van der Waals surface area contributed by atoms with Gasteiger partial charge in [-0.25, -0.2) is 0 Å². The third-order valence-electron chi connectivity index (χ3n) is 2.84. The van der Waals surface area contributed by atoms with Crippen LogP contribution in [0.1, 0.15) is 31.9 Å². The van der Waals surface area contributed by atoms with E-state index in [1.165, 1.54) is 6.07 Å². The van der Waals surface area contributed by atoms with Gasteiger partial charge in [0.1, 0.15) is 5.75 Å². The monoisotopic (exact) mass is 275 g/mol. The first-order valence-electron chi connectivity index (χ1n) is 6.35. The predicted molar refractivity (Wildman–Crippen MR) is 68.9 cm³/mol. The maximum absolute atomic E-state index is 12.7. The molecule has 0 aromatic heterocycles. The van der Waals surface area contributed by atoms with Gasteiger partial charge >= 0.3 is 6.18 Å². The number of rotatable bonds is 5. The molecule has 0 heterocycles. The average Bonchev–Trinajstić information content (AvgIpc) is 2.28. The molecule has 0 atom stereocenters. The van der Waals surface area contributed by atoms with Gasteiger partial charge in [0, 0.05) is 13.1 Å². The second kappa shape index (κ2) is 6.28. The van der Waals surface area contributed by atoms with Crippen LogP contribution in [-0.4, -0.2) is 23.1 Å². The predicted octanol–water partition coefficient (Wildman–Crippen LogP) is 3.89. The van der Waals surface area contributed by atoms with Crippen molar-refractivity contribution >= 4 is 0 Å². The van der Waals surface area contributed by atoms with Crippen LogP contribution >= 0.6 is 0 Å². The molecule has 2 nitrogen and oxygen atoms in total. The number of alkyl halides is 3. The summed E-state index contributed by atoms with van der Waals surface area (Å²) in [7, 11) is 0. The highest BCUT2D eigenvalue weighted by molar-refractivity contribution is 5.38. The van der Waals surface area contributed by atoms with Gasteiger partial charge in [-0.3, -0.25) is 4.90 Å². The van der Waals surface area contributed by atoms with Crippen molar-refractivity contribution in [3.63, 3.8) is 0 Å². The zero-order chi connectivity index (χ0) is 14.6. The summed E-state index contributed by atoms with van der Waals surface area (Å²) in [5.74, 6) is -0.262. The van der Waals surface area contributed by atoms with Gasteiger partial charge in [-0.05, 0) is 30.2 Å². The fourth-order valence-corrected chi connectivity index (χ4v) is 1.99. The largest absolute Gasteiger partial charge is 0.507 e. The maximum atomic E-state index is 12.7. The van der Waals surface area contributed by atoms with E-state index in [4.69, 9.17) is 0 Å². The SMILES string of the molecule is CCN(Cc1ccc(O)c(C(F)(F)F)c1)CC(C)C. The lowest BCUT2D eigenvalue weighted by molar-refractivity contribution is -0.138. The van der Waals surface area contributed by atoms with Gasteiger partial charge in [0.25, 0.3) is 0 Å². The molecule has 0 saturated heterocycles. The summed E-state index contributed by atoms with van der Waals surface area (Å²) in [6, 6.07) is 3.67. The summed E-state index contributed by atoms with van der Waals surface area (Å²) in [5.41, 5.74) is -0.404. The van der Waals surface area contributed by atoms with Crippen LogP contribution in [0.25, 0.3) is 0 Å². The quantitative estimate of drug-likeness (QED) is 0.881. The van der Waals surface area contributed by atoms with Crippen molar-refractivity contribution in [2.45, 2.75) is 33.5 Å². The third-order valence-corrected chi connectivity index (χ3v) is 2.84. The first-order valence-corrected chi connectivity index (χ1v) is 6.35. The normalized spacial score (nSPS) is 12.4. The average molecular weight is 275 g/mol. The van der Waals surface area contributed by atoms with E-state index in [0.717, 1.165) is 25.2 Å². The topological polar surface area (TPSA) is 23.5 Å². The maximum Gasteiger partial charge on any atom is 0.419 e. The van der Waals surface area contributed by atoms with Gasteiger partial charge in [0.15, 0.2) is 0 Å². The Balaban J connectivity index is 2.90. The molecule has 0 aliphatic heterocycles. The van der Waals surface area contributed by atoms with Crippen LogP contribution in [0.2, 0.25) is 0 Å². The molecule has 1 aromatic rings. The number of aromatic hydroxyl groups is 1. The number of benzene rings is 1. The molecule has 0 spiro atoms. The van der Waals surface area contributed by atoms with Crippen LogP contribution in [0.3, 0.4) is 0 Å². The molecular formula is C14H20F3NO. The number of phenolic OH excluding ortho intramolecular Hbond substituents is 1. The fraction of sp³-hybridized carbons (Fsp3) is 0.571. The van der Waals surface area contributed by atoms with Crippen LogP contribution in [0.4, 0.5) is 13.2 Å². The van der Waals surface area contributed by atoms with Crippen molar-refractivity contribution in [1.82, 2.24) is 4.90 Å². The lowest BCUT2D eigenvalue weighted by Gasteiger charge is -2.23. The van der Waals surface area contributed by atoms with E-state index in [1.807, 2.05) is 6.92 Å². The lowest BCUT2D eigenvalue weighted by Crippen LogP contribution is -2.27. The highest BCUT2D eigenvalue weighted by atomic mass is 19.4. The summed E-state index contributed by atoms with van der Waals surface area (Å²) >= 11 is 0. The summed E-state index contributed by atoms with van der Waals surface area (Å²) in [6.45, 7) is 8.19. The van der Waals surface area contributed by atoms with Gasteiger partial charge in [-0.2, -0.15) is 13.2 Å². The molecule has 5 heteroatoms. The molecule has 1 rings (SSSR count). The van der Waals surface area contributed by atoms with E-state index in [9.17, 15) is 18.3 Å².